The third kappa shape index (κ3) is 4.48. The number of benzene rings is 3. The first-order valence-electron chi connectivity index (χ1n) is 12.3. The van der Waals surface area contributed by atoms with Gasteiger partial charge in [-0.15, -0.1) is 0 Å². The summed E-state index contributed by atoms with van der Waals surface area (Å²) in [5.41, 5.74) is 3.61. The Balaban J connectivity index is 1.67. The molecule has 0 aromatic heterocycles. The summed E-state index contributed by atoms with van der Waals surface area (Å²) in [5.74, 6) is -1.59. The zero-order valence-electron chi connectivity index (χ0n) is 20.7. The number of fused-ring (bicyclic) bond motifs is 1. The van der Waals surface area contributed by atoms with E-state index in [-0.39, 0.29) is 23.5 Å². The summed E-state index contributed by atoms with van der Waals surface area (Å²) < 4.78 is 10.8. The van der Waals surface area contributed by atoms with Crippen molar-refractivity contribution in [3.63, 3.8) is 0 Å². The van der Waals surface area contributed by atoms with E-state index in [9.17, 15) is 19.5 Å². The molecule has 0 radical (unpaired) electrons. The minimum atomic E-state index is -0.885. The Morgan fingerprint density at radius 1 is 1.05 bits per heavy atom. The average molecular weight is 498 g/mol. The van der Waals surface area contributed by atoms with E-state index in [1.807, 2.05) is 37.3 Å². The van der Waals surface area contributed by atoms with Gasteiger partial charge in [0.15, 0.2) is 0 Å². The number of carbonyl (C=O) groups is 3. The third-order valence-electron chi connectivity index (χ3n) is 6.62. The van der Waals surface area contributed by atoms with Gasteiger partial charge in [0.05, 0.1) is 30.4 Å². The Morgan fingerprint density at radius 2 is 1.86 bits per heavy atom. The van der Waals surface area contributed by atoms with Crippen molar-refractivity contribution in [1.82, 2.24) is 0 Å². The van der Waals surface area contributed by atoms with Crippen molar-refractivity contribution in [1.29, 1.82) is 0 Å². The molecule has 0 spiro atoms. The van der Waals surface area contributed by atoms with Gasteiger partial charge < -0.3 is 14.6 Å². The lowest BCUT2D eigenvalue weighted by Crippen LogP contribution is -2.29. The number of hydrogen-bond donors (Lipinski definition) is 1. The number of ether oxygens (including phenoxy) is 2. The number of aliphatic hydroxyl groups excluding tert-OH is 1. The maximum absolute atomic E-state index is 13.5. The van der Waals surface area contributed by atoms with Gasteiger partial charge in [-0.25, -0.2) is 4.79 Å². The van der Waals surface area contributed by atoms with Crippen molar-refractivity contribution in [2.24, 2.45) is 0 Å². The lowest BCUT2D eigenvalue weighted by molar-refractivity contribution is -0.132. The van der Waals surface area contributed by atoms with Crippen LogP contribution in [0, 0.1) is 6.92 Å². The summed E-state index contributed by atoms with van der Waals surface area (Å²) in [6, 6.07) is 18.3. The summed E-state index contributed by atoms with van der Waals surface area (Å²) in [6.45, 7) is 4.48. The highest BCUT2D eigenvalue weighted by Gasteiger charge is 2.47. The number of hydrogen-bond acceptors (Lipinski definition) is 6. The normalized spacial score (nSPS) is 18.3. The second-order valence-corrected chi connectivity index (χ2v) is 9.13. The van der Waals surface area contributed by atoms with Crippen LogP contribution in [0.3, 0.4) is 0 Å². The van der Waals surface area contributed by atoms with E-state index in [4.69, 9.17) is 9.47 Å². The minimum absolute atomic E-state index is 0.00573. The van der Waals surface area contributed by atoms with E-state index in [2.05, 4.69) is 0 Å². The maximum atomic E-state index is 13.5. The number of aliphatic hydroxyl groups is 1. The number of Topliss-reactive ketones (excluding diaryl/α,β-unsaturated/α-hetero) is 1. The van der Waals surface area contributed by atoms with Crippen LogP contribution in [0.25, 0.3) is 5.76 Å². The Morgan fingerprint density at radius 3 is 2.65 bits per heavy atom. The van der Waals surface area contributed by atoms with Crippen LogP contribution in [0.5, 0.6) is 5.75 Å². The molecule has 5 rings (SSSR count). The molecule has 0 aliphatic carbocycles. The first kappa shape index (κ1) is 24.3. The predicted octanol–water partition coefficient (Wildman–Crippen LogP) is 5.12. The first-order valence-corrected chi connectivity index (χ1v) is 12.3. The highest BCUT2D eigenvalue weighted by molar-refractivity contribution is 6.51. The van der Waals surface area contributed by atoms with Crippen molar-refractivity contribution in [3.8, 4) is 5.75 Å². The fourth-order valence-electron chi connectivity index (χ4n) is 4.91. The van der Waals surface area contributed by atoms with E-state index in [1.54, 1.807) is 37.3 Å². The van der Waals surface area contributed by atoms with Crippen LogP contribution in [-0.4, -0.2) is 36.0 Å². The molecule has 1 N–H and O–H groups in total. The number of esters is 1. The molecular formula is C30H27NO6. The van der Waals surface area contributed by atoms with E-state index in [0.717, 1.165) is 29.7 Å². The molecule has 0 bridgehead atoms. The molecule has 1 amide bonds. The van der Waals surface area contributed by atoms with Crippen molar-refractivity contribution in [3.05, 3.63) is 100 Å². The molecule has 1 atom stereocenters. The highest BCUT2D eigenvalue weighted by atomic mass is 16.5. The molecule has 0 saturated carbocycles. The van der Waals surface area contributed by atoms with Gasteiger partial charge in [0.2, 0.25) is 0 Å². The number of ketones is 1. The predicted molar refractivity (Wildman–Crippen MR) is 139 cm³/mol. The smallest absolute Gasteiger partial charge is 0.338 e. The van der Waals surface area contributed by atoms with Crippen LogP contribution < -0.4 is 9.64 Å². The van der Waals surface area contributed by atoms with Gasteiger partial charge >= 0.3 is 5.97 Å². The lowest BCUT2D eigenvalue weighted by atomic mass is 9.93. The van der Waals surface area contributed by atoms with Gasteiger partial charge in [0.25, 0.3) is 11.7 Å². The molecule has 3 aromatic carbocycles. The summed E-state index contributed by atoms with van der Waals surface area (Å²) in [6.07, 6.45) is 1.66. The average Bonchev–Trinajstić information content (AvgIpc) is 3.18. The third-order valence-corrected chi connectivity index (χ3v) is 6.62. The van der Waals surface area contributed by atoms with E-state index in [1.165, 1.54) is 11.0 Å². The van der Waals surface area contributed by atoms with Crippen LogP contribution in [0.2, 0.25) is 0 Å². The molecule has 37 heavy (non-hydrogen) atoms. The van der Waals surface area contributed by atoms with E-state index < -0.39 is 23.7 Å². The highest BCUT2D eigenvalue weighted by Crippen LogP contribution is 2.43. The molecule has 7 nitrogen and oxygen atoms in total. The second kappa shape index (κ2) is 9.93. The van der Waals surface area contributed by atoms with Crippen LogP contribution in [0.4, 0.5) is 5.69 Å². The lowest BCUT2D eigenvalue weighted by Gasteiger charge is -2.26. The van der Waals surface area contributed by atoms with Crippen LogP contribution in [-0.2, 0) is 20.7 Å². The molecule has 1 saturated heterocycles. The first-order chi connectivity index (χ1) is 17.9. The minimum Gasteiger partial charge on any atom is -0.507 e. The monoisotopic (exact) mass is 497 g/mol. The Labute approximate surface area is 214 Å². The molecule has 188 valence electrons. The molecule has 2 aliphatic rings. The molecule has 1 fully saturated rings. The summed E-state index contributed by atoms with van der Waals surface area (Å²) >= 11 is 0. The van der Waals surface area contributed by atoms with Crippen LogP contribution in [0.1, 0.15) is 52.0 Å². The fourth-order valence-corrected chi connectivity index (χ4v) is 4.91. The number of anilines is 1. The van der Waals surface area contributed by atoms with Crippen molar-refractivity contribution in [2.45, 2.75) is 32.7 Å². The van der Waals surface area contributed by atoms with Crippen molar-refractivity contribution >= 4 is 29.1 Å². The van der Waals surface area contributed by atoms with Crippen molar-refractivity contribution < 1.29 is 29.0 Å². The number of carbonyl (C=O) groups excluding carboxylic acids is 3. The zero-order chi connectivity index (χ0) is 26.1. The van der Waals surface area contributed by atoms with Gasteiger partial charge in [-0.2, -0.15) is 0 Å². The molecule has 2 heterocycles. The van der Waals surface area contributed by atoms with Gasteiger partial charge in [-0.1, -0.05) is 35.9 Å². The molecular weight excluding hydrogens is 470 g/mol. The van der Waals surface area contributed by atoms with Crippen LogP contribution >= 0.6 is 0 Å². The summed E-state index contributed by atoms with van der Waals surface area (Å²) in [4.78, 5) is 40.6. The van der Waals surface area contributed by atoms with Crippen molar-refractivity contribution in [2.75, 3.05) is 18.1 Å². The standard InChI is InChI=1S/C30H27NO6/c1-3-36-30(35)22-9-5-11-23(17-22)31-26(20-8-4-7-18(2)15-20)25(28(33)29(31)34)27(32)21-12-13-24-19(16-21)10-6-14-37-24/h4-5,7-9,11-13,15-17,26,32H,3,6,10,14H2,1-2H3/b27-25-. The van der Waals surface area contributed by atoms with Gasteiger partial charge in [-0.3, -0.25) is 14.5 Å². The SMILES string of the molecule is CCOC(=O)c1cccc(N2C(=O)C(=O)/C(=C(\O)c3ccc4c(c3)CCCO4)C2c2cccc(C)c2)c1. The quantitative estimate of drug-likeness (QED) is 0.228. The Bertz CT molecular complexity index is 1440. The van der Waals surface area contributed by atoms with Gasteiger partial charge in [-0.05, 0) is 74.2 Å². The second-order valence-electron chi connectivity index (χ2n) is 9.13. The van der Waals surface area contributed by atoms with Gasteiger partial charge in [0, 0.05) is 11.3 Å². The largest absolute Gasteiger partial charge is 0.507 e. The zero-order valence-corrected chi connectivity index (χ0v) is 20.7. The maximum Gasteiger partial charge on any atom is 0.338 e. The fraction of sp³-hybridized carbons (Fsp3) is 0.233. The number of nitrogens with zero attached hydrogens (tertiary/aromatic N) is 1. The van der Waals surface area contributed by atoms with Gasteiger partial charge in [0.1, 0.15) is 11.5 Å². The topological polar surface area (TPSA) is 93.1 Å². The summed E-state index contributed by atoms with van der Waals surface area (Å²) in [5, 5.41) is 11.5. The Kier molecular flexibility index (Phi) is 6.53. The Hall–Kier alpha value is -4.39. The molecule has 2 aliphatic heterocycles. The number of aryl methyl sites for hydroxylation is 2. The number of amides is 1. The molecule has 1 unspecified atom stereocenters. The molecule has 3 aromatic rings. The number of rotatable bonds is 5. The van der Waals surface area contributed by atoms with E-state index in [0.29, 0.717) is 23.4 Å². The van der Waals surface area contributed by atoms with Crippen LogP contribution in [0.15, 0.2) is 72.3 Å². The molecule has 7 heteroatoms. The summed E-state index contributed by atoms with van der Waals surface area (Å²) in [7, 11) is 0. The van der Waals surface area contributed by atoms with E-state index >= 15 is 0 Å².